The molecule has 0 unspecified atom stereocenters. The zero-order valence-electron chi connectivity index (χ0n) is 8.58. The number of aliphatic hydroxyl groups is 2. The standard InChI is InChI=1S/C5H9ClO2.C2H6O.CH4O.CH4/c1-4(2)3-8-5(6)7;1-2-3;1-2;/h4H,3H2,1-2H3;3H,2H2,1H3;2H,1H3;1H4. The van der Waals surface area contributed by atoms with Crippen LogP contribution in [0.1, 0.15) is 28.2 Å². The molecule has 0 bridgehead atoms. The van der Waals surface area contributed by atoms with E-state index in [0.29, 0.717) is 12.5 Å². The third-order valence-electron chi connectivity index (χ3n) is 0.530. The summed E-state index contributed by atoms with van der Waals surface area (Å²) in [4.78, 5) is 9.89. The molecule has 0 aliphatic rings. The molecule has 0 spiro atoms. The number of hydrogen-bond donors (Lipinski definition) is 2. The average Bonchev–Trinajstić information content (AvgIpc) is 2.06. The maximum Gasteiger partial charge on any atom is 0.403 e. The Balaban J connectivity index is -0.0000000716. The Kier molecular flexibility index (Phi) is 38.5. The smallest absolute Gasteiger partial charge is 0.403 e. The fourth-order valence-electron chi connectivity index (χ4n) is 0.232. The van der Waals surface area contributed by atoms with E-state index in [-0.39, 0.29) is 14.0 Å². The molecule has 0 aromatic rings. The van der Waals surface area contributed by atoms with Crippen molar-refractivity contribution in [3.63, 3.8) is 0 Å². The van der Waals surface area contributed by atoms with Crippen molar-refractivity contribution >= 4 is 17.0 Å². The third kappa shape index (κ3) is 60.8. The highest BCUT2D eigenvalue weighted by Gasteiger charge is 1.96. The van der Waals surface area contributed by atoms with Crippen LogP contribution in [0.4, 0.5) is 4.79 Å². The monoisotopic (exact) mass is 230 g/mol. The molecule has 0 fully saturated rings. The minimum absolute atomic E-state index is 0. The second-order valence-electron chi connectivity index (χ2n) is 2.26. The topological polar surface area (TPSA) is 66.8 Å². The van der Waals surface area contributed by atoms with E-state index in [2.05, 4.69) is 4.74 Å². The Labute approximate surface area is 91.8 Å². The van der Waals surface area contributed by atoms with Crippen LogP contribution in [0.3, 0.4) is 0 Å². The van der Waals surface area contributed by atoms with Crippen molar-refractivity contribution in [1.82, 2.24) is 0 Å². The van der Waals surface area contributed by atoms with Crippen LogP contribution in [0.15, 0.2) is 0 Å². The molecule has 0 saturated carbocycles. The minimum Gasteiger partial charge on any atom is -0.453 e. The Morgan fingerprint density at radius 3 is 1.79 bits per heavy atom. The van der Waals surface area contributed by atoms with Gasteiger partial charge in [0.15, 0.2) is 0 Å². The summed E-state index contributed by atoms with van der Waals surface area (Å²) in [5, 5.41) is 14.6. The van der Waals surface area contributed by atoms with Gasteiger partial charge in [0.05, 0.1) is 6.61 Å². The predicted molar refractivity (Wildman–Crippen MR) is 59.7 cm³/mol. The summed E-state index contributed by atoms with van der Waals surface area (Å²) in [5.41, 5.74) is -0.723. The van der Waals surface area contributed by atoms with Gasteiger partial charge in [-0.1, -0.05) is 21.3 Å². The molecule has 0 aromatic heterocycles. The molecule has 0 aliphatic heterocycles. The van der Waals surface area contributed by atoms with E-state index < -0.39 is 5.43 Å². The van der Waals surface area contributed by atoms with Gasteiger partial charge in [0.1, 0.15) is 0 Å². The van der Waals surface area contributed by atoms with Crippen LogP contribution in [-0.2, 0) is 4.74 Å². The molecule has 0 saturated heterocycles. The number of carbonyl (C=O) groups excluding carboxylic acids is 1. The predicted octanol–water partition coefficient (Wildman–Crippen LogP) is 2.26. The molecule has 0 aliphatic carbocycles. The SMILES string of the molecule is C.CC(C)COC(=O)Cl.CCO.CO. The van der Waals surface area contributed by atoms with E-state index in [1.165, 1.54) is 0 Å². The van der Waals surface area contributed by atoms with Crippen LogP contribution in [0.25, 0.3) is 0 Å². The van der Waals surface area contributed by atoms with E-state index in [0.717, 1.165) is 7.11 Å². The fourth-order valence-corrected chi connectivity index (χ4v) is 0.295. The van der Waals surface area contributed by atoms with Gasteiger partial charge in [-0.3, -0.25) is 0 Å². The Morgan fingerprint density at radius 2 is 1.71 bits per heavy atom. The van der Waals surface area contributed by atoms with E-state index >= 15 is 0 Å². The van der Waals surface area contributed by atoms with Gasteiger partial charge in [0.25, 0.3) is 0 Å². The first-order valence-electron chi connectivity index (χ1n) is 3.92. The van der Waals surface area contributed by atoms with Gasteiger partial charge in [-0.15, -0.1) is 0 Å². The summed E-state index contributed by atoms with van der Waals surface area (Å²) in [6.45, 7) is 6.22. The maximum atomic E-state index is 9.89. The number of rotatable bonds is 2. The first-order valence-corrected chi connectivity index (χ1v) is 4.30. The van der Waals surface area contributed by atoms with Crippen molar-refractivity contribution in [1.29, 1.82) is 0 Å². The molecule has 14 heavy (non-hydrogen) atoms. The summed E-state index contributed by atoms with van der Waals surface area (Å²) in [6.07, 6.45) is 0. The lowest BCUT2D eigenvalue weighted by Gasteiger charge is -2.00. The highest BCUT2D eigenvalue weighted by molar-refractivity contribution is 6.61. The van der Waals surface area contributed by atoms with Gasteiger partial charge in [-0.25, -0.2) is 4.79 Å². The zero-order chi connectivity index (χ0) is 11.3. The van der Waals surface area contributed by atoms with Crippen LogP contribution in [0, 0.1) is 5.92 Å². The summed E-state index contributed by atoms with van der Waals surface area (Å²) in [7, 11) is 1.00. The fraction of sp³-hybridized carbons (Fsp3) is 0.889. The second-order valence-corrected chi connectivity index (χ2v) is 2.57. The van der Waals surface area contributed by atoms with E-state index in [4.69, 9.17) is 21.8 Å². The highest BCUT2D eigenvalue weighted by Crippen LogP contribution is 1.94. The lowest BCUT2D eigenvalue weighted by atomic mass is 10.2. The number of carbonyl (C=O) groups is 1. The molecule has 0 amide bonds. The number of ether oxygens (including phenoxy) is 1. The van der Waals surface area contributed by atoms with Crippen LogP contribution in [-0.4, -0.2) is 36.0 Å². The highest BCUT2D eigenvalue weighted by atomic mass is 35.5. The van der Waals surface area contributed by atoms with Gasteiger partial charge in [0, 0.05) is 25.3 Å². The molecule has 0 radical (unpaired) electrons. The molecule has 90 valence electrons. The normalized spacial score (nSPS) is 7.14. The van der Waals surface area contributed by atoms with Crippen molar-refractivity contribution in [2.75, 3.05) is 20.3 Å². The number of halogens is 1. The molecule has 5 heteroatoms. The van der Waals surface area contributed by atoms with Gasteiger partial charge >= 0.3 is 5.43 Å². The summed E-state index contributed by atoms with van der Waals surface area (Å²) < 4.78 is 4.43. The van der Waals surface area contributed by atoms with Crippen LogP contribution in [0.2, 0.25) is 0 Å². The van der Waals surface area contributed by atoms with Crippen LogP contribution in [0.5, 0.6) is 0 Å². The number of hydrogen-bond acceptors (Lipinski definition) is 4. The van der Waals surface area contributed by atoms with Crippen molar-refractivity contribution < 1.29 is 19.7 Å². The molecule has 0 atom stereocenters. The van der Waals surface area contributed by atoms with E-state index in [1.807, 2.05) is 13.8 Å². The quantitative estimate of drug-likeness (QED) is 0.715. The summed E-state index contributed by atoms with van der Waals surface area (Å²) >= 11 is 4.86. The van der Waals surface area contributed by atoms with E-state index in [9.17, 15) is 4.79 Å². The second kappa shape index (κ2) is 23.0. The minimum atomic E-state index is -0.723. The van der Waals surface area contributed by atoms with Gasteiger partial charge < -0.3 is 14.9 Å². The molecule has 0 rings (SSSR count). The Bertz CT molecular complexity index is 96.8. The first kappa shape index (κ1) is 23.5. The molecule has 4 nitrogen and oxygen atoms in total. The zero-order valence-corrected chi connectivity index (χ0v) is 9.34. The van der Waals surface area contributed by atoms with Crippen molar-refractivity contribution in [3.8, 4) is 0 Å². The van der Waals surface area contributed by atoms with Crippen LogP contribution < -0.4 is 0 Å². The Morgan fingerprint density at radius 1 is 1.43 bits per heavy atom. The molecular weight excluding hydrogens is 208 g/mol. The maximum absolute atomic E-state index is 9.89. The van der Waals surface area contributed by atoms with Crippen molar-refractivity contribution in [2.24, 2.45) is 5.92 Å². The van der Waals surface area contributed by atoms with Gasteiger partial charge in [-0.05, 0) is 12.8 Å². The lowest BCUT2D eigenvalue weighted by molar-refractivity contribution is 0.159. The lowest BCUT2D eigenvalue weighted by Crippen LogP contribution is -2.02. The third-order valence-corrected chi connectivity index (χ3v) is 0.639. The number of aliphatic hydroxyl groups excluding tert-OH is 2. The Hall–Kier alpha value is -0.320. The average molecular weight is 231 g/mol. The molecule has 0 heterocycles. The van der Waals surface area contributed by atoms with E-state index in [1.54, 1.807) is 6.92 Å². The largest absolute Gasteiger partial charge is 0.453 e. The molecule has 0 aromatic carbocycles. The molecule has 2 N–H and O–H groups in total. The van der Waals surface area contributed by atoms with Crippen LogP contribution >= 0.6 is 11.6 Å². The van der Waals surface area contributed by atoms with Gasteiger partial charge in [-0.2, -0.15) is 0 Å². The van der Waals surface area contributed by atoms with Crippen molar-refractivity contribution in [2.45, 2.75) is 28.2 Å². The van der Waals surface area contributed by atoms with Crippen molar-refractivity contribution in [3.05, 3.63) is 0 Å². The summed E-state index contributed by atoms with van der Waals surface area (Å²) in [6, 6.07) is 0. The molecular formula is C9H23ClO4. The van der Waals surface area contributed by atoms with Gasteiger partial charge in [0.2, 0.25) is 0 Å². The first-order chi connectivity index (χ1) is 6.04. The summed E-state index contributed by atoms with van der Waals surface area (Å²) in [5.74, 6) is 0.359.